The molecule has 0 radical (unpaired) electrons. The first-order valence-electron chi connectivity index (χ1n) is 6.21. The van der Waals surface area contributed by atoms with Crippen LogP contribution < -0.4 is 10.9 Å². The van der Waals surface area contributed by atoms with Crippen LogP contribution >= 0.6 is 23.4 Å². The Morgan fingerprint density at radius 2 is 2.19 bits per heavy atom. The number of carbonyl (C=O) groups is 1. The van der Waals surface area contributed by atoms with Gasteiger partial charge in [0, 0.05) is 17.6 Å². The highest BCUT2D eigenvalue weighted by Gasteiger charge is 2.10. The molecule has 2 rings (SSSR count). The zero-order valence-corrected chi connectivity index (χ0v) is 12.9. The maximum Gasteiger partial charge on any atom is 0.270 e. The number of rotatable bonds is 5. The van der Waals surface area contributed by atoms with Crippen LogP contribution in [0.2, 0.25) is 5.02 Å². The minimum Gasteiger partial charge on any atom is -0.347 e. The Morgan fingerprint density at radius 1 is 1.43 bits per heavy atom. The Balaban J connectivity index is 2.10. The number of amides is 1. The molecular formula is C14H14ClN3O2S. The zero-order chi connectivity index (χ0) is 15.2. The summed E-state index contributed by atoms with van der Waals surface area (Å²) in [5, 5.41) is 3.29. The van der Waals surface area contributed by atoms with E-state index in [1.165, 1.54) is 17.8 Å². The summed E-state index contributed by atoms with van der Waals surface area (Å²) in [7, 11) is 0. The van der Waals surface area contributed by atoms with Crippen LogP contribution in [-0.4, -0.2) is 22.1 Å². The Kier molecular flexibility index (Phi) is 5.41. The molecule has 0 aliphatic rings. The fourth-order valence-corrected chi connectivity index (χ4v) is 2.35. The summed E-state index contributed by atoms with van der Waals surface area (Å²) in [5.74, 6) is 0.627. The van der Waals surface area contributed by atoms with Gasteiger partial charge in [0.15, 0.2) is 0 Å². The van der Waals surface area contributed by atoms with Crippen LogP contribution in [0.5, 0.6) is 0 Å². The number of benzene rings is 1. The van der Waals surface area contributed by atoms with Crippen LogP contribution in [0.15, 0.2) is 35.1 Å². The van der Waals surface area contributed by atoms with Gasteiger partial charge in [0.25, 0.3) is 11.5 Å². The smallest absolute Gasteiger partial charge is 0.270 e. The lowest BCUT2D eigenvalue weighted by Crippen LogP contribution is -2.26. The monoisotopic (exact) mass is 323 g/mol. The number of carbonyl (C=O) groups excluding carboxylic acids is 1. The van der Waals surface area contributed by atoms with Gasteiger partial charge in [-0.05, 0) is 17.9 Å². The van der Waals surface area contributed by atoms with E-state index < -0.39 is 5.91 Å². The highest BCUT2D eigenvalue weighted by molar-refractivity contribution is 7.97. The Morgan fingerprint density at radius 3 is 2.90 bits per heavy atom. The van der Waals surface area contributed by atoms with E-state index in [-0.39, 0.29) is 17.8 Å². The molecule has 110 valence electrons. The summed E-state index contributed by atoms with van der Waals surface area (Å²) in [5.41, 5.74) is 0.577. The second kappa shape index (κ2) is 7.28. The van der Waals surface area contributed by atoms with Gasteiger partial charge in [-0.15, -0.1) is 0 Å². The number of hydrogen-bond acceptors (Lipinski definition) is 4. The lowest BCUT2D eigenvalue weighted by Gasteiger charge is -2.07. The lowest BCUT2D eigenvalue weighted by molar-refractivity contribution is 0.0945. The van der Waals surface area contributed by atoms with Crippen LogP contribution in [0.1, 0.15) is 21.9 Å². The van der Waals surface area contributed by atoms with Crippen molar-refractivity contribution in [2.24, 2.45) is 0 Å². The summed E-state index contributed by atoms with van der Waals surface area (Å²) in [6.45, 7) is 0.283. The fraction of sp³-hybridized carbons (Fsp3) is 0.214. The fourth-order valence-electron chi connectivity index (χ4n) is 1.74. The van der Waals surface area contributed by atoms with Gasteiger partial charge in [-0.1, -0.05) is 29.8 Å². The number of aromatic amines is 1. The maximum atomic E-state index is 12.1. The van der Waals surface area contributed by atoms with Crippen molar-refractivity contribution in [3.63, 3.8) is 0 Å². The second-order valence-corrected chi connectivity index (χ2v) is 5.56. The van der Waals surface area contributed by atoms with Crippen LogP contribution in [0, 0.1) is 0 Å². The quantitative estimate of drug-likeness (QED) is 0.884. The average molecular weight is 324 g/mol. The highest BCUT2D eigenvalue weighted by Crippen LogP contribution is 2.14. The number of aromatic nitrogens is 2. The molecule has 0 atom stereocenters. The lowest BCUT2D eigenvalue weighted by atomic mass is 10.2. The molecule has 7 heteroatoms. The predicted octanol–water partition coefficient (Wildman–Crippen LogP) is 2.22. The first kappa shape index (κ1) is 15.6. The molecule has 5 nitrogen and oxygen atoms in total. The number of hydrogen-bond donors (Lipinski definition) is 2. The number of halogens is 1. The Labute approximate surface area is 131 Å². The molecular weight excluding hydrogens is 310 g/mol. The van der Waals surface area contributed by atoms with Gasteiger partial charge in [-0.3, -0.25) is 9.59 Å². The van der Waals surface area contributed by atoms with Crippen molar-refractivity contribution in [3.05, 3.63) is 62.8 Å². The number of thioether (sulfide) groups is 1. The molecule has 0 unspecified atom stereocenters. The van der Waals surface area contributed by atoms with Gasteiger partial charge in [0.05, 0.1) is 5.75 Å². The first-order chi connectivity index (χ1) is 10.1. The van der Waals surface area contributed by atoms with Crippen LogP contribution in [0.25, 0.3) is 0 Å². The van der Waals surface area contributed by atoms with E-state index in [1.807, 2.05) is 24.5 Å². The molecule has 1 aromatic carbocycles. The topological polar surface area (TPSA) is 74.8 Å². The Bertz CT molecular complexity index is 703. The van der Waals surface area contributed by atoms with E-state index in [4.69, 9.17) is 11.6 Å². The highest BCUT2D eigenvalue weighted by atomic mass is 35.5. The molecule has 0 aliphatic carbocycles. The molecule has 2 N–H and O–H groups in total. The maximum absolute atomic E-state index is 12.1. The summed E-state index contributed by atoms with van der Waals surface area (Å²) in [6, 6.07) is 8.43. The first-order valence-corrected chi connectivity index (χ1v) is 7.98. The third-order valence-electron chi connectivity index (χ3n) is 2.70. The third kappa shape index (κ3) is 4.34. The summed E-state index contributed by atoms with van der Waals surface area (Å²) in [4.78, 5) is 30.3. The predicted molar refractivity (Wildman–Crippen MR) is 84.7 cm³/mol. The summed E-state index contributed by atoms with van der Waals surface area (Å²) < 4.78 is 0. The van der Waals surface area contributed by atoms with E-state index >= 15 is 0 Å². The van der Waals surface area contributed by atoms with Crippen molar-refractivity contribution >= 4 is 29.3 Å². The van der Waals surface area contributed by atoms with Crippen LogP contribution in [0.4, 0.5) is 0 Å². The molecule has 2 aromatic rings. The minimum atomic E-state index is -0.400. The van der Waals surface area contributed by atoms with Crippen LogP contribution in [-0.2, 0) is 12.3 Å². The standard InChI is InChI=1S/C14H14ClN3O2S/c1-21-8-12-17-11(6-13(19)18-12)14(20)16-7-9-4-2-3-5-10(9)15/h2-6H,7-8H2,1H3,(H,16,20)(H,17,18,19). The van der Waals surface area contributed by atoms with Gasteiger partial charge in [-0.2, -0.15) is 11.8 Å². The number of H-pyrrole nitrogens is 1. The van der Waals surface area contributed by atoms with Gasteiger partial charge in [-0.25, -0.2) is 4.98 Å². The van der Waals surface area contributed by atoms with E-state index in [9.17, 15) is 9.59 Å². The molecule has 0 spiro atoms. The number of nitrogens with one attached hydrogen (secondary N) is 2. The van der Waals surface area contributed by atoms with Crippen molar-refractivity contribution in [3.8, 4) is 0 Å². The van der Waals surface area contributed by atoms with Gasteiger partial charge in [0.1, 0.15) is 11.5 Å². The van der Waals surface area contributed by atoms with Crippen molar-refractivity contribution in [1.29, 1.82) is 0 Å². The summed E-state index contributed by atoms with van der Waals surface area (Å²) >= 11 is 7.53. The van der Waals surface area contributed by atoms with E-state index in [2.05, 4.69) is 15.3 Å². The largest absolute Gasteiger partial charge is 0.347 e. The second-order valence-electron chi connectivity index (χ2n) is 4.28. The molecule has 1 aromatic heterocycles. The normalized spacial score (nSPS) is 10.4. The molecule has 0 fully saturated rings. The van der Waals surface area contributed by atoms with E-state index in [0.717, 1.165) is 5.56 Å². The van der Waals surface area contributed by atoms with Crippen LogP contribution in [0.3, 0.4) is 0 Å². The van der Waals surface area contributed by atoms with Crippen molar-refractivity contribution in [2.45, 2.75) is 12.3 Å². The molecule has 0 saturated heterocycles. The molecule has 0 bridgehead atoms. The van der Waals surface area contributed by atoms with E-state index in [0.29, 0.717) is 16.6 Å². The SMILES string of the molecule is CSCc1nc(C(=O)NCc2ccccc2Cl)cc(=O)[nH]1. The van der Waals surface area contributed by atoms with Crippen molar-refractivity contribution in [2.75, 3.05) is 6.26 Å². The molecule has 21 heavy (non-hydrogen) atoms. The Hall–Kier alpha value is -1.79. The van der Waals surface area contributed by atoms with E-state index in [1.54, 1.807) is 6.07 Å². The third-order valence-corrected chi connectivity index (χ3v) is 3.63. The molecule has 0 aliphatic heterocycles. The molecule has 0 saturated carbocycles. The number of nitrogens with zero attached hydrogens (tertiary/aromatic N) is 1. The zero-order valence-electron chi connectivity index (χ0n) is 11.4. The molecule has 1 heterocycles. The average Bonchev–Trinajstić information content (AvgIpc) is 2.46. The molecule has 1 amide bonds. The van der Waals surface area contributed by atoms with Gasteiger partial charge in [0.2, 0.25) is 0 Å². The van der Waals surface area contributed by atoms with Crippen molar-refractivity contribution in [1.82, 2.24) is 15.3 Å². The van der Waals surface area contributed by atoms with Gasteiger partial charge < -0.3 is 10.3 Å². The minimum absolute atomic E-state index is 0.106. The summed E-state index contributed by atoms with van der Waals surface area (Å²) in [6.07, 6.45) is 1.89. The van der Waals surface area contributed by atoms with Gasteiger partial charge >= 0.3 is 0 Å². The van der Waals surface area contributed by atoms with Crippen molar-refractivity contribution < 1.29 is 4.79 Å².